The maximum atomic E-state index is 13.9. The Bertz CT molecular complexity index is 1360. The van der Waals surface area contributed by atoms with Gasteiger partial charge in [0, 0.05) is 31.2 Å². The van der Waals surface area contributed by atoms with Crippen LogP contribution in [0.2, 0.25) is 5.82 Å². The smallest absolute Gasteiger partial charge is 0.444 e. The number of unbranched alkanes of at least 4 members (excludes halogenated alkanes) is 2. The molecule has 13 heteroatoms. The predicted octanol–water partition coefficient (Wildman–Crippen LogP) is 6.96. The number of alkyl carbamates (subject to hydrolysis) is 1. The summed E-state index contributed by atoms with van der Waals surface area (Å²) in [4.78, 5) is 66.8. The fourth-order valence-corrected chi connectivity index (χ4v) is 8.66. The van der Waals surface area contributed by atoms with E-state index in [2.05, 4.69) is 43.6 Å². The molecule has 0 aromatic rings. The van der Waals surface area contributed by atoms with Gasteiger partial charge in [0.1, 0.15) is 11.6 Å². The third-order valence-electron chi connectivity index (χ3n) is 12.1. The van der Waals surface area contributed by atoms with Crippen molar-refractivity contribution in [2.45, 2.75) is 202 Å². The number of carbonyl (C=O) groups is 5. The Labute approximate surface area is 331 Å². The molecule has 55 heavy (non-hydrogen) atoms. The van der Waals surface area contributed by atoms with Crippen molar-refractivity contribution in [1.29, 1.82) is 0 Å². The van der Waals surface area contributed by atoms with Crippen LogP contribution < -0.4 is 16.0 Å². The monoisotopic (exact) mass is 776 g/mol. The molecule has 314 valence electrons. The molecule has 1 heterocycles. The second-order valence-electron chi connectivity index (χ2n) is 19.7. The Morgan fingerprint density at radius 1 is 0.818 bits per heavy atom. The molecular weight excluding hydrogens is 701 g/mol. The number of hydrogen-bond donors (Lipinski definition) is 3. The quantitative estimate of drug-likeness (QED) is 0.0878. The number of nitrogens with one attached hydrogen (secondary N) is 3. The first-order valence-corrected chi connectivity index (χ1v) is 20.9. The van der Waals surface area contributed by atoms with Crippen LogP contribution in [0.5, 0.6) is 0 Å². The van der Waals surface area contributed by atoms with Gasteiger partial charge in [-0.15, -0.1) is 0 Å². The average molecular weight is 776 g/mol. The molecule has 10 atom stereocenters. The summed E-state index contributed by atoms with van der Waals surface area (Å²) in [6, 6.07) is -1.71. The highest BCUT2D eigenvalue weighted by molar-refractivity contribution is 6.47. The van der Waals surface area contributed by atoms with E-state index in [9.17, 15) is 24.0 Å². The van der Waals surface area contributed by atoms with Gasteiger partial charge in [-0.25, -0.2) is 4.79 Å². The van der Waals surface area contributed by atoms with Crippen LogP contribution in [0.4, 0.5) is 4.79 Å². The second-order valence-corrected chi connectivity index (χ2v) is 19.7. The van der Waals surface area contributed by atoms with Gasteiger partial charge in [0.25, 0.3) is 0 Å². The number of amides is 3. The molecule has 3 saturated carbocycles. The van der Waals surface area contributed by atoms with Gasteiger partial charge in [-0.2, -0.15) is 0 Å². The van der Waals surface area contributed by atoms with Crippen LogP contribution in [-0.4, -0.2) is 84.2 Å². The highest BCUT2D eigenvalue weighted by atomic mass is 16.7. The number of Topliss-reactive ketones (excluding diaryl/α,β-unsaturated/α-hetero) is 2. The molecule has 4 aliphatic rings. The van der Waals surface area contributed by atoms with Crippen LogP contribution in [0.3, 0.4) is 0 Å². The maximum absolute atomic E-state index is 13.9. The molecule has 1 aliphatic heterocycles. The van der Waals surface area contributed by atoms with Gasteiger partial charge >= 0.3 is 13.2 Å². The van der Waals surface area contributed by atoms with Crippen molar-refractivity contribution in [3.05, 3.63) is 0 Å². The van der Waals surface area contributed by atoms with Crippen LogP contribution >= 0.6 is 0 Å². The Morgan fingerprint density at radius 3 is 2.04 bits per heavy atom. The van der Waals surface area contributed by atoms with Crippen molar-refractivity contribution in [1.82, 2.24) is 16.0 Å². The highest BCUT2D eigenvalue weighted by Gasteiger charge is 2.68. The lowest BCUT2D eigenvalue weighted by molar-refractivity contribution is -0.199. The fourth-order valence-electron chi connectivity index (χ4n) is 8.66. The number of carbonyl (C=O) groups excluding carboxylic acids is 5. The molecule has 0 radical (unpaired) electrons. The maximum Gasteiger partial charge on any atom is 0.461 e. The van der Waals surface area contributed by atoms with E-state index in [1.165, 1.54) is 0 Å². The van der Waals surface area contributed by atoms with Crippen molar-refractivity contribution >= 4 is 36.6 Å². The second kappa shape index (κ2) is 18.8. The third kappa shape index (κ3) is 12.7. The first-order chi connectivity index (χ1) is 25.3. The van der Waals surface area contributed by atoms with Crippen LogP contribution in [0.25, 0.3) is 0 Å². The number of ketones is 2. The molecule has 3 aliphatic carbocycles. The number of hydrogen-bond acceptors (Lipinski definition) is 9. The predicted molar refractivity (Wildman–Crippen MR) is 214 cm³/mol. The topological polar surface area (TPSA) is 158 Å². The zero-order valence-electron chi connectivity index (χ0n) is 36.5. The van der Waals surface area contributed by atoms with E-state index >= 15 is 0 Å². The molecule has 4 rings (SSSR count). The Kier molecular flexibility index (Phi) is 16.1. The van der Waals surface area contributed by atoms with E-state index in [0.717, 1.165) is 32.1 Å². The molecule has 0 spiro atoms. The van der Waals surface area contributed by atoms with Gasteiger partial charge in [-0.3, -0.25) is 19.2 Å². The summed E-state index contributed by atoms with van der Waals surface area (Å²) >= 11 is 0. The largest absolute Gasteiger partial charge is 0.461 e. The summed E-state index contributed by atoms with van der Waals surface area (Å²) in [6.45, 7) is 27.1. The molecule has 1 unspecified atom stereocenters. The summed E-state index contributed by atoms with van der Waals surface area (Å²) < 4.78 is 24.5. The lowest BCUT2D eigenvalue weighted by Gasteiger charge is -2.64. The van der Waals surface area contributed by atoms with Gasteiger partial charge in [0.15, 0.2) is 11.6 Å². The summed E-state index contributed by atoms with van der Waals surface area (Å²) in [6.07, 6.45) is 4.46. The summed E-state index contributed by atoms with van der Waals surface area (Å²) in [5, 5.41) is 8.51. The molecule has 1 saturated heterocycles. The SMILES string of the molecule is CCCCC[C@H](NC(=O)[C@H](C)CC(=O)[C@@H](NC(=O)[C@@H](C)CCNC(=O)OC(C)(C)C)[C@@H](C)OC(C)(C)C)C(=O)C[C@@H](C)B1OC2C[C@@H]3C[C@@H](C3(C)C)[C@]2(C)O1. The molecule has 12 nitrogen and oxygen atoms in total. The van der Waals surface area contributed by atoms with Gasteiger partial charge in [-0.1, -0.05) is 60.8 Å². The Balaban J connectivity index is 1.62. The van der Waals surface area contributed by atoms with Crippen molar-refractivity contribution in [3.63, 3.8) is 0 Å². The van der Waals surface area contributed by atoms with Crippen molar-refractivity contribution in [2.24, 2.45) is 29.1 Å². The van der Waals surface area contributed by atoms with Gasteiger partial charge in [0.05, 0.1) is 29.5 Å². The van der Waals surface area contributed by atoms with E-state index in [0.29, 0.717) is 24.7 Å². The summed E-state index contributed by atoms with van der Waals surface area (Å²) in [5.74, 6) is -1.60. The van der Waals surface area contributed by atoms with E-state index in [-0.39, 0.29) is 65.7 Å². The van der Waals surface area contributed by atoms with E-state index in [1.807, 2.05) is 27.7 Å². The lowest BCUT2D eigenvalue weighted by atomic mass is 9.43. The van der Waals surface area contributed by atoms with Crippen molar-refractivity contribution < 1.29 is 42.8 Å². The molecule has 0 aromatic heterocycles. The van der Waals surface area contributed by atoms with Crippen LogP contribution in [-0.2, 0) is 38.0 Å². The third-order valence-corrected chi connectivity index (χ3v) is 12.1. The molecule has 3 N–H and O–H groups in total. The van der Waals surface area contributed by atoms with Gasteiger partial charge in [-0.05, 0) is 104 Å². The molecule has 2 bridgehead atoms. The van der Waals surface area contributed by atoms with Crippen LogP contribution in [0.15, 0.2) is 0 Å². The normalized spacial score (nSPS) is 26.3. The van der Waals surface area contributed by atoms with Crippen molar-refractivity contribution in [3.8, 4) is 0 Å². The van der Waals surface area contributed by atoms with E-state index in [4.69, 9.17) is 18.8 Å². The molecular formula is C42H74BN3O9. The number of rotatable bonds is 20. The first-order valence-electron chi connectivity index (χ1n) is 20.9. The zero-order chi connectivity index (χ0) is 41.7. The minimum atomic E-state index is -1.01. The standard InChI is InChI=1S/C42H74BN3O9/c1-15-16-17-18-30(31(47)22-27(4)43-54-34-24-29-23-33(41(29,12)13)42(34,14)55-43)45-37(50)26(3)21-32(48)35(28(5)52-39(6,7)8)46-36(49)25(2)19-20-44-38(51)53-40(9,10)11/h25-30,33-35H,15-24H2,1-14H3,(H,44,51)(H,45,50)(H,46,49)/t25-,26+,27+,28+,29-,30-,33-,34?,35-,42-/m0/s1. The van der Waals surface area contributed by atoms with E-state index < -0.39 is 54.4 Å². The van der Waals surface area contributed by atoms with Crippen LogP contribution in [0.1, 0.15) is 155 Å². The van der Waals surface area contributed by atoms with E-state index in [1.54, 1.807) is 41.5 Å². The number of ether oxygens (including phenoxy) is 2. The zero-order valence-corrected chi connectivity index (χ0v) is 36.5. The highest BCUT2D eigenvalue weighted by Crippen LogP contribution is 2.66. The average Bonchev–Trinajstić information content (AvgIpc) is 3.42. The minimum absolute atomic E-state index is 0.0276. The van der Waals surface area contributed by atoms with Crippen molar-refractivity contribution in [2.75, 3.05) is 6.54 Å². The Hall–Kier alpha value is -2.51. The molecule has 4 fully saturated rings. The fraction of sp³-hybridized carbons (Fsp3) is 0.881. The van der Waals surface area contributed by atoms with Crippen LogP contribution in [0, 0.1) is 29.1 Å². The lowest BCUT2D eigenvalue weighted by Crippen LogP contribution is -2.65. The summed E-state index contributed by atoms with van der Waals surface area (Å²) in [7, 11) is -0.481. The van der Waals surface area contributed by atoms with Gasteiger partial charge in [0.2, 0.25) is 11.8 Å². The Morgan fingerprint density at radius 2 is 1.45 bits per heavy atom. The minimum Gasteiger partial charge on any atom is -0.444 e. The molecule has 3 amide bonds. The summed E-state index contributed by atoms with van der Waals surface area (Å²) in [5.41, 5.74) is -1.38. The first kappa shape index (κ1) is 46.9. The van der Waals surface area contributed by atoms with Gasteiger partial charge < -0.3 is 34.7 Å². The molecule has 0 aromatic carbocycles.